The van der Waals surface area contributed by atoms with E-state index in [9.17, 15) is 9.59 Å². The molecule has 0 N–H and O–H groups in total. The molecule has 0 aromatic carbocycles. The molecular weight excluding hydrogens is 246 g/mol. The van der Waals surface area contributed by atoms with E-state index in [-0.39, 0.29) is 23.7 Å². The fourth-order valence-corrected chi connectivity index (χ4v) is 2.57. The Labute approximate surface area is 112 Å². The highest BCUT2D eigenvalue weighted by Crippen LogP contribution is 2.26. The van der Waals surface area contributed by atoms with Gasteiger partial charge >= 0.3 is 5.97 Å². The van der Waals surface area contributed by atoms with Crippen LogP contribution in [0.25, 0.3) is 0 Å². The summed E-state index contributed by atoms with van der Waals surface area (Å²) in [4.78, 5) is 25.7. The SMILES string of the molecule is CCc1occc1C(=O)N1CC(C)C(C(=O)OC)C1. The third kappa shape index (κ3) is 2.50. The van der Waals surface area contributed by atoms with Crippen LogP contribution in [0.1, 0.15) is 30.0 Å². The number of nitrogens with zero attached hydrogens (tertiary/aromatic N) is 1. The molecule has 2 rings (SSSR count). The first-order valence-corrected chi connectivity index (χ1v) is 6.52. The highest BCUT2D eigenvalue weighted by atomic mass is 16.5. The number of hydrogen-bond acceptors (Lipinski definition) is 4. The molecule has 19 heavy (non-hydrogen) atoms. The van der Waals surface area contributed by atoms with E-state index in [4.69, 9.17) is 9.15 Å². The number of aryl methyl sites for hydroxylation is 1. The Hall–Kier alpha value is -1.78. The summed E-state index contributed by atoms with van der Waals surface area (Å²) in [7, 11) is 1.38. The number of carbonyl (C=O) groups excluding carboxylic acids is 2. The zero-order valence-corrected chi connectivity index (χ0v) is 11.5. The average molecular weight is 265 g/mol. The Kier molecular flexibility index (Phi) is 3.93. The lowest BCUT2D eigenvalue weighted by molar-refractivity contribution is -0.146. The van der Waals surface area contributed by atoms with Crippen molar-refractivity contribution in [2.75, 3.05) is 20.2 Å². The Morgan fingerprint density at radius 3 is 2.84 bits per heavy atom. The van der Waals surface area contributed by atoms with Gasteiger partial charge < -0.3 is 14.1 Å². The van der Waals surface area contributed by atoms with Gasteiger partial charge in [0.25, 0.3) is 5.91 Å². The van der Waals surface area contributed by atoms with Crippen LogP contribution in [-0.2, 0) is 16.0 Å². The van der Waals surface area contributed by atoms with Crippen molar-refractivity contribution >= 4 is 11.9 Å². The quantitative estimate of drug-likeness (QED) is 0.781. The summed E-state index contributed by atoms with van der Waals surface area (Å²) in [5.74, 6) is 0.271. The van der Waals surface area contributed by atoms with Crippen LogP contribution in [0, 0.1) is 11.8 Å². The molecule has 1 aliphatic rings. The number of furan rings is 1. The number of ether oxygens (including phenoxy) is 1. The number of amides is 1. The van der Waals surface area contributed by atoms with E-state index in [2.05, 4.69) is 0 Å². The molecule has 5 nitrogen and oxygen atoms in total. The maximum Gasteiger partial charge on any atom is 0.310 e. The minimum atomic E-state index is -0.245. The van der Waals surface area contributed by atoms with Crippen molar-refractivity contribution in [2.24, 2.45) is 11.8 Å². The second-order valence-corrected chi connectivity index (χ2v) is 4.93. The number of esters is 1. The van der Waals surface area contributed by atoms with Crippen molar-refractivity contribution in [3.63, 3.8) is 0 Å². The summed E-state index contributed by atoms with van der Waals surface area (Å²) in [5, 5.41) is 0. The molecular formula is C14H19NO4. The lowest BCUT2D eigenvalue weighted by Crippen LogP contribution is -2.30. The predicted molar refractivity (Wildman–Crippen MR) is 68.7 cm³/mol. The first kappa shape index (κ1) is 13.6. The molecule has 0 aliphatic carbocycles. The van der Waals surface area contributed by atoms with E-state index in [0.717, 1.165) is 0 Å². The van der Waals surface area contributed by atoms with Gasteiger partial charge in [-0.1, -0.05) is 13.8 Å². The van der Waals surface area contributed by atoms with E-state index in [1.807, 2.05) is 13.8 Å². The Morgan fingerprint density at radius 2 is 2.21 bits per heavy atom. The summed E-state index contributed by atoms with van der Waals surface area (Å²) in [5.41, 5.74) is 0.597. The summed E-state index contributed by atoms with van der Waals surface area (Å²) >= 11 is 0. The number of carbonyl (C=O) groups is 2. The van der Waals surface area contributed by atoms with Crippen molar-refractivity contribution < 1.29 is 18.7 Å². The van der Waals surface area contributed by atoms with Gasteiger partial charge in [-0.15, -0.1) is 0 Å². The smallest absolute Gasteiger partial charge is 0.310 e. The van der Waals surface area contributed by atoms with E-state index in [1.165, 1.54) is 13.4 Å². The Balaban J connectivity index is 2.12. The molecule has 0 spiro atoms. The zero-order chi connectivity index (χ0) is 14.0. The van der Waals surface area contributed by atoms with Gasteiger partial charge in [-0.2, -0.15) is 0 Å². The van der Waals surface area contributed by atoms with Gasteiger partial charge in [0.15, 0.2) is 0 Å². The average Bonchev–Trinajstić information content (AvgIpc) is 3.03. The largest absolute Gasteiger partial charge is 0.469 e. The highest BCUT2D eigenvalue weighted by Gasteiger charge is 2.38. The molecule has 0 radical (unpaired) electrons. The van der Waals surface area contributed by atoms with E-state index in [0.29, 0.717) is 30.8 Å². The first-order chi connectivity index (χ1) is 9.08. The van der Waals surface area contributed by atoms with Crippen LogP contribution in [0.3, 0.4) is 0 Å². The van der Waals surface area contributed by atoms with Gasteiger partial charge in [0.1, 0.15) is 5.76 Å². The molecule has 0 saturated carbocycles. The molecule has 2 atom stereocenters. The molecule has 1 aromatic rings. The highest BCUT2D eigenvalue weighted by molar-refractivity contribution is 5.95. The molecule has 1 aromatic heterocycles. The fraction of sp³-hybridized carbons (Fsp3) is 0.571. The van der Waals surface area contributed by atoms with Crippen molar-refractivity contribution in [2.45, 2.75) is 20.3 Å². The summed E-state index contributed by atoms with van der Waals surface area (Å²) in [6.07, 6.45) is 2.21. The molecule has 0 bridgehead atoms. The summed E-state index contributed by atoms with van der Waals surface area (Å²) in [6.45, 7) is 4.90. The maximum absolute atomic E-state index is 12.4. The Morgan fingerprint density at radius 1 is 1.47 bits per heavy atom. The standard InChI is InChI=1S/C14H19NO4/c1-4-12-10(5-6-19-12)13(16)15-7-9(2)11(8-15)14(17)18-3/h5-6,9,11H,4,7-8H2,1-3H3. The van der Waals surface area contributed by atoms with Gasteiger partial charge in [0, 0.05) is 19.5 Å². The van der Waals surface area contributed by atoms with Gasteiger partial charge in [-0.25, -0.2) is 0 Å². The predicted octanol–water partition coefficient (Wildman–Crippen LogP) is 1.72. The van der Waals surface area contributed by atoms with Crippen LogP contribution < -0.4 is 0 Å². The second kappa shape index (κ2) is 5.47. The fourth-order valence-electron chi connectivity index (χ4n) is 2.57. The molecule has 1 amide bonds. The van der Waals surface area contributed by atoms with Crippen LogP contribution in [0.4, 0.5) is 0 Å². The van der Waals surface area contributed by atoms with Crippen molar-refractivity contribution in [3.8, 4) is 0 Å². The molecule has 2 heterocycles. The third-order valence-corrected chi connectivity index (χ3v) is 3.70. The van der Waals surface area contributed by atoms with Crippen LogP contribution in [0.2, 0.25) is 0 Å². The minimum Gasteiger partial charge on any atom is -0.469 e. The van der Waals surface area contributed by atoms with Gasteiger partial charge in [-0.3, -0.25) is 9.59 Å². The molecule has 1 aliphatic heterocycles. The molecule has 1 fully saturated rings. The molecule has 5 heteroatoms. The Bertz CT molecular complexity index is 480. The van der Waals surface area contributed by atoms with E-state index in [1.54, 1.807) is 11.0 Å². The monoisotopic (exact) mass is 265 g/mol. The van der Waals surface area contributed by atoms with Gasteiger partial charge in [0.2, 0.25) is 0 Å². The second-order valence-electron chi connectivity index (χ2n) is 4.93. The topological polar surface area (TPSA) is 59.8 Å². The van der Waals surface area contributed by atoms with Gasteiger partial charge in [0.05, 0.1) is 24.9 Å². The van der Waals surface area contributed by atoms with E-state index < -0.39 is 0 Å². The molecule has 1 saturated heterocycles. The summed E-state index contributed by atoms with van der Waals surface area (Å²) in [6, 6.07) is 1.69. The zero-order valence-electron chi connectivity index (χ0n) is 11.5. The lowest BCUT2D eigenvalue weighted by Gasteiger charge is -2.15. The number of hydrogen-bond donors (Lipinski definition) is 0. The van der Waals surface area contributed by atoms with E-state index >= 15 is 0 Å². The number of likely N-dealkylation sites (tertiary alicyclic amines) is 1. The third-order valence-electron chi connectivity index (χ3n) is 3.70. The van der Waals surface area contributed by atoms with Crippen LogP contribution in [0.5, 0.6) is 0 Å². The first-order valence-electron chi connectivity index (χ1n) is 6.52. The minimum absolute atomic E-state index is 0.0659. The van der Waals surface area contributed by atoms with Crippen molar-refractivity contribution in [1.29, 1.82) is 0 Å². The number of rotatable bonds is 3. The van der Waals surface area contributed by atoms with Gasteiger partial charge in [-0.05, 0) is 12.0 Å². The molecule has 2 unspecified atom stereocenters. The normalized spacial score (nSPS) is 22.6. The van der Waals surface area contributed by atoms with Crippen LogP contribution in [-0.4, -0.2) is 37.0 Å². The van der Waals surface area contributed by atoms with Crippen LogP contribution >= 0.6 is 0 Å². The summed E-state index contributed by atoms with van der Waals surface area (Å²) < 4.78 is 10.1. The van der Waals surface area contributed by atoms with Crippen LogP contribution in [0.15, 0.2) is 16.7 Å². The number of methoxy groups -OCH3 is 1. The van der Waals surface area contributed by atoms with Crippen molar-refractivity contribution in [1.82, 2.24) is 4.90 Å². The van der Waals surface area contributed by atoms with Crippen molar-refractivity contribution in [3.05, 3.63) is 23.7 Å². The lowest BCUT2D eigenvalue weighted by atomic mass is 9.99. The maximum atomic E-state index is 12.4. The molecule has 104 valence electrons.